The van der Waals surface area contributed by atoms with Crippen molar-refractivity contribution >= 4 is 21.5 Å². The number of aromatic nitrogens is 1. The second-order valence-corrected chi connectivity index (χ2v) is 11.7. The van der Waals surface area contributed by atoms with Crippen molar-refractivity contribution in [2.45, 2.75) is 52.3 Å². The molecule has 3 aliphatic rings. The maximum Gasteiger partial charge on any atom is 0.433 e. The smallest absolute Gasteiger partial charge is 0.365 e. The van der Waals surface area contributed by atoms with E-state index in [9.17, 15) is 26.4 Å². The second kappa shape index (κ2) is 7.16. The number of carbonyl (C=O) groups excluding carboxylic acids is 1. The monoisotopic (exact) mass is 459 g/mol. The van der Waals surface area contributed by atoms with Gasteiger partial charge >= 0.3 is 6.18 Å². The quantitative estimate of drug-likeness (QED) is 0.691. The van der Waals surface area contributed by atoms with Gasteiger partial charge in [-0.2, -0.15) is 17.5 Å². The van der Waals surface area contributed by atoms with Crippen LogP contribution in [0.2, 0.25) is 0 Å². The fraction of sp³-hybridized carbons (Fsp3) is 0.714. The SMILES string of the molecule is C[C@H]1CN(S(=O)(=O)C[C@]23CC[C@@H](CC2=O)C3(C)C)CCN1c1ccc(C(F)(F)F)nc1. The van der Waals surface area contributed by atoms with E-state index in [-0.39, 0.29) is 42.0 Å². The first-order chi connectivity index (χ1) is 14.3. The van der Waals surface area contributed by atoms with E-state index in [0.717, 1.165) is 12.5 Å². The molecule has 0 N–H and O–H groups in total. The normalized spacial score (nSPS) is 31.4. The Morgan fingerprint density at radius 1 is 1.23 bits per heavy atom. The van der Waals surface area contributed by atoms with Crippen LogP contribution >= 0.6 is 0 Å². The zero-order valence-electron chi connectivity index (χ0n) is 17.9. The lowest BCUT2D eigenvalue weighted by Gasteiger charge is -2.42. The maximum atomic E-state index is 13.3. The van der Waals surface area contributed by atoms with E-state index >= 15 is 0 Å². The third-order valence-corrected chi connectivity index (χ3v) is 9.90. The Hall–Kier alpha value is -1.68. The highest BCUT2D eigenvalue weighted by Crippen LogP contribution is 2.64. The van der Waals surface area contributed by atoms with E-state index in [2.05, 4.69) is 4.98 Å². The van der Waals surface area contributed by atoms with E-state index in [1.807, 2.05) is 25.7 Å². The van der Waals surface area contributed by atoms with Gasteiger partial charge < -0.3 is 4.90 Å². The van der Waals surface area contributed by atoms with E-state index < -0.39 is 27.3 Å². The number of ketones is 1. The van der Waals surface area contributed by atoms with Crippen molar-refractivity contribution in [3.8, 4) is 0 Å². The molecule has 10 heteroatoms. The fourth-order valence-electron chi connectivity index (χ4n) is 5.79. The largest absolute Gasteiger partial charge is 0.433 e. The lowest BCUT2D eigenvalue weighted by atomic mass is 9.70. The van der Waals surface area contributed by atoms with Crippen LogP contribution in [0.15, 0.2) is 18.3 Å². The van der Waals surface area contributed by atoms with E-state index in [1.54, 1.807) is 0 Å². The molecule has 31 heavy (non-hydrogen) atoms. The fourth-order valence-corrected chi connectivity index (χ4v) is 8.08. The average Bonchev–Trinajstić information content (AvgIpc) is 3.01. The second-order valence-electron chi connectivity index (χ2n) is 9.72. The van der Waals surface area contributed by atoms with Crippen molar-refractivity contribution in [1.82, 2.24) is 9.29 Å². The molecule has 1 saturated heterocycles. The van der Waals surface area contributed by atoms with Crippen LogP contribution < -0.4 is 4.90 Å². The summed E-state index contributed by atoms with van der Waals surface area (Å²) in [6, 6.07) is 2.07. The summed E-state index contributed by atoms with van der Waals surface area (Å²) in [4.78, 5) is 18.1. The number of hydrogen-bond donors (Lipinski definition) is 0. The molecule has 3 fully saturated rings. The van der Waals surface area contributed by atoms with Crippen LogP contribution in [0.4, 0.5) is 18.9 Å². The van der Waals surface area contributed by atoms with Crippen molar-refractivity contribution in [1.29, 1.82) is 0 Å². The van der Waals surface area contributed by atoms with Gasteiger partial charge in [-0.25, -0.2) is 13.4 Å². The predicted octanol–water partition coefficient (Wildman–Crippen LogP) is 3.34. The first-order valence-corrected chi connectivity index (χ1v) is 12.2. The molecular weight excluding hydrogens is 431 g/mol. The van der Waals surface area contributed by atoms with Crippen LogP contribution in [-0.4, -0.2) is 54.9 Å². The van der Waals surface area contributed by atoms with Gasteiger partial charge in [-0.1, -0.05) is 13.8 Å². The van der Waals surface area contributed by atoms with Gasteiger partial charge in [0.05, 0.1) is 17.6 Å². The summed E-state index contributed by atoms with van der Waals surface area (Å²) >= 11 is 0. The minimum atomic E-state index is -4.50. The molecule has 0 unspecified atom stereocenters. The summed E-state index contributed by atoms with van der Waals surface area (Å²) in [6.07, 6.45) is -1.34. The first-order valence-electron chi connectivity index (χ1n) is 10.6. The molecule has 2 bridgehead atoms. The first kappa shape index (κ1) is 22.5. The van der Waals surface area contributed by atoms with Crippen LogP contribution in [0.5, 0.6) is 0 Å². The minimum absolute atomic E-state index is 0.0693. The molecule has 0 aromatic carbocycles. The van der Waals surface area contributed by atoms with Crippen molar-refractivity contribution in [2.24, 2.45) is 16.7 Å². The van der Waals surface area contributed by atoms with Crippen molar-refractivity contribution in [2.75, 3.05) is 30.3 Å². The predicted molar refractivity (Wildman–Crippen MR) is 110 cm³/mol. The van der Waals surface area contributed by atoms with Crippen molar-refractivity contribution in [3.63, 3.8) is 0 Å². The maximum absolute atomic E-state index is 13.3. The molecule has 0 amide bonds. The minimum Gasteiger partial charge on any atom is -0.365 e. The Kier molecular flexibility index (Phi) is 5.20. The molecule has 6 nitrogen and oxygen atoms in total. The number of fused-ring (bicyclic) bond motifs is 2. The van der Waals surface area contributed by atoms with E-state index in [0.29, 0.717) is 25.1 Å². The van der Waals surface area contributed by atoms with Crippen molar-refractivity contribution in [3.05, 3.63) is 24.0 Å². The summed E-state index contributed by atoms with van der Waals surface area (Å²) in [5.41, 5.74) is -1.56. The number of anilines is 1. The molecular formula is C21H28F3N3O3S. The molecule has 4 rings (SSSR count). The lowest BCUT2D eigenvalue weighted by molar-refractivity contribution is -0.141. The molecule has 3 atom stereocenters. The Bertz CT molecular complexity index is 978. The highest BCUT2D eigenvalue weighted by molar-refractivity contribution is 7.89. The van der Waals surface area contributed by atoms with E-state index in [4.69, 9.17) is 0 Å². The highest BCUT2D eigenvalue weighted by atomic mass is 32.2. The summed E-state index contributed by atoms with van der Waals surface area (Å²) in [6.45, 7) is 6.67. The van der Waals surface area contributed by atoms with Gasteiger partial charge in [0.2, 0.25) is 10.0 Å². The zero-order valence-corrected chi connectivity index (χ0v) is 18.8. The van der Waals surface area contributed by atoms with E-state index in [1.165, 1.54) is 16.6 Å². The Morgan fingerprint density at radius 3 is 2.42 bits per heavy atom. The van der Waals surface area contributed by atoms with Crippen LogP contribution in [0.25, 0.3) is 0 Å². The number of hydrogen-bond acceptors (Lipinski definition) is 5. The lowest BCUT2D eigenvalue weighted by Crippen LogP contribution is -2.56. The van der Waals surface area contributed by atoms with Crippen LogP contribution in [0, 0.1) is 16.7 Å². The summed E-state index contributed by atoms with van der Waals surface area (Å²) in [5, 5.41) is 0. The highest BCUT2D eigenvalue weighted by Gasteiger charge is 2.65. The molecule has 0 spiro atoms. The number of piperazine rings is 1. The summed E-state index contributed by atoms with van der Waals surface area (Å²) in [7, 11) is -3.66. The topological polar surface area (TPSA) is 70.6 Å². The van der Waals surface area contributed by atoms with Crippen LogP contribution in [-0.2, 0) is 21.0 Å². The number of rotatable bonds is 4. The Labute approximate surface area is 180 Å². The molecule has 2 heterocycles. The Balaban J connectivity index is 1.48. The van der Waals surface area contributed by atoms with Crippen LogP contribution in [0.3, 0.4) is 0 Å². The zero-order chi connectivity index (χ0) is 22.8. The molecule has 1 aliphatic heterocycles. The van der Waals surface area contributed by atoms with Gasteiger partial charge in [-0.15, -0.1) is 0 Å². The molecule has 0 radical (unpaired) electrons. The standard InChI is InChI=1S/C21H28F3N3O3S/c1-14-12-26(8-9-27(14)16-4-5-17(25-11-16)21(22,23)24)31(29,30)13-20-7-6-15(10-18(20)28)19(20,2)3/h4-5,11,14-15H,6-10,12-13H2,1-3H3/t14-,15-,20+/m0/s1. The third-order valence-electron chi connectivity index (χ3n) is 7.92. The number of halogens is 3. The number of nitrogens with zero attached hydrogens (tertiary/aromatic N) is 3. The molecule has 1 aromatic rings. The number of carbonyl (C=O) groups is 1. The van der Waals surface area contributed by atoms with Crippen molar-refractivity contribution < 1.29 is 26.4 Å². The molecule has 2 aliphatic carbocycles. The number of sulfonamides is 1. The number of pyridine rings is 1. The summed E-state index contributed by atoms with van der Waals surface area (Å²) < 4.78 is 66.4. The number of Topliss-reactive ketones (excluding diaryl/α,β-unsaturated/α-hetero) is 1. The van der Waals surface area contributed by atoms with Gasteiger partial charge in [0.1, 0.15) is 11.5 Å². The number of alkyl halides is 3. The van der Waals surface area contributed by atoms with Gasteiger partial charge in [0.25, 0.3) is 0 Å². The van der Waals surface area contributed by atoms with Gasteiger partial charge in [-0.05, 0) is 43.2 Å². The third kappa shape index (κ3) is 3.55. The van der Waals surface area contributed by atoms with Crippen LogP contribution in [0.1, 0.15) is 45.7 Å². The molecule has 1 aromatic heterocycles. The molecule has 172 valence electrons. The van der Waals surface area contributed by atoms with Gasteiger partial charge in [-0.3, -0.25) is 4.79 Å². The van der Waals surface area contributed by atoms with Gasteiger partial charge in [0.15, 0.2) is 0 Å². The average molecular weight is 460 g/mol. The van der Waals surface area contributed by atoms with Gasteiger partial charge in [0, 0.05) is 37.5 Å². The molecule has 2 saturated carbocycles. The Morgan fingerprint density at radius 2 is 1.94 bits per heavy atom. The summed E-state index contributed by atoms with van der Waals surface area (Å²) in [5.74, 6) is 0.162.